The third-order valence-corrected chi connectivity index (χ3v) is 10.5. The van der Waals surface area contributed by atoms with Crippen LogP contribution in [0.2, 0.25) is 0 Å². The van der Waals surface area contributed by atoms with Gasteiger partial charge in [0.2, 0.25) is 0 Å². The molecule has 6 heteroatoms. The molecule has 0 saturated carbocycles. The normalized spacial score (nSPS) is 12.1. The standard InChI is InChI=1S/C31H28N3.C16H31NO.Ir/c1-18(2)22-14-15-25(24-13-9-8-12-23(22)24)28-30-29(33-31(32-28)19(3)4)26-16-20-10-6-7-11-21(20)17-27(26)34(30)5;1-7-13(8-2)15(17-12(5)6)11-16(18)14(9-3)10-4;/h6-14,16-19H,1-5H3;11-14H,7-10H2,1-6H3,(H,17,18);/q-1;;/p-1. The van der Waals surface area contributed by atoms with Gasteiger partial charge in [0.25, 0.3) is 0 Å². The maximum Gasteiger partial charge on any atom is 0.157 e. The third kappa shape index (κ3) is 8.93. The summed E-state index contributed by atoms with van der Waals surface area (Å²) in [4.78, 5) is 22.5. The molecule has 5 nitrogen and oxygen atoms in total. The fourth-order valence-corrected chi connectivity index (χ4v) is 7.38. The van der Waals surface area contributed by atoms with Crippen molar-refractivity contribution in [1.82, 2.24) is 14.5 Å². The first-order valence-electron chi connectivity index (χ1n) is 19.5. The summed E-state index contributed by atoms with van der Waals surface area (Å²) in [6.07, 6.45) is 5.76. The van der Waals surface area contributed by atoms with E-state index < -0.39 is 0 Å². The monoisotopic (exact) mass is 887 g/mol. The van der Waals surface area contributed by atoms with Crippen LogP contribution in [0.25, 0.3) is 60.1 Å². The Morgan fingerprint density at radius 3 is 1.92 bits per heavy atom. The van der Waals surface area contributed by atoms with Gasteiger partial charge in [-0.25, -0.2) is 4.98 Å². The summed E-state index contributed by atoms with van der Waals surface area (Å²) < 4.78 is 2.26. The molecule has 6 rings (SSSR count). The van der Waals surface area contributed by atoms with E-state index in [0.29, 0.717) is 11.8 Å². The van der Waals surface area contributed by atoms with Crippen LogP contribution in [0.5, 0.6) is 0 Å². The first-order chi connectivity index (χ1) is 24.9. The van der Waals surface area contributed by atoms with Crippen LogP contribution in [0.1, 0.15) is 118 Å². The zero-order valence-electron chi connectivity index (χ0n) is 33.7. The first kappa shape index (κ1) is 41.9. The molecule has 0 unspecified atom stereocenters. The Balaban J connectivity index is 0.000000284. The van der Waals surface area contributed by atoms with E-state index >= 15 is 0 Å². The van der Waals surface area contributed by atoms with E-state index in [-0.39, 0.29) is 43.8 Å². The summed E-state index contributed by atoms with van der Waals surface area (Å²) in [6.45, 7) is 21.4. The molecule has 53 heavy (non-hydrogen) atoms. The number of fused-ring (bicyclic) bond motifs is 5. The smallest absolute Gasteiger partial charge is 0.157 e. The zero-order chi connectivity index (χ0) is 37.7. The molecule has 0 fully saturated rings. The van der Waals surface area contributed by atoms with Crippen molar-refractivity contribution in [3.63, 3.8) is 0 Å². The maximum atomic E-state index is 12.2. The number of benzene rings is 4. The van der Waals surface area contributed by atoms with Gasteiger partial charge in [-0.15, -0.1) is 29.3 Å². The summed E-state index contributed by atoms with van der Waals surface area (Å²) in [5.74, 6) is 2.36. The molecule has 6 aromatic rings. The summed E-state index contributed by atoms with van der Waals surface area (Å²) in [6, 6.07) is 27.8. The summed E-state index contributed by atoms with van der Waals surface area (Å²) >= 11 is 0. The topological polar surface area (TPSA) is 61.9 Å². The Labute approximate surface area is 331 Å². The van der Waals surface area contributed by atoms with Gasteiger partial charge in [0.05, 0.1) is 16.6 Å². The number of carbonyl (C=O) groups is 1. The number of aryl methyl sites for hydroxylation is 1. The molecule has 1 radical (unpaired) electrons. The van der Waals surface area contributed by atoms with Gasteiger partial charge in [0.1, 0.15) is 5.82 Å². The molecule has 0 atom stereocenters. The largest absolute Gasteiger partial charge is 0.685 e. The quantitative estimate of drug-likeness (QED) is 0.0908. The number of ketones is 1. The number of hydrogen-bond acceptors (Lipinski definition) is 3. The number of aromatic nitrogens is 3. The van der Waals surface area contributed by atoms with Crippen LogP contribution in [-0.4, -0.2) is 26.4 Å². The molecule has 0 aliphatic rings. The van der Waals surface area contributed by atoms with E-state index in [1.54, 1.807) is 0 Å². The van der Waals surface area contributed by atoms with Crippen molar-refractivity contribution in [1.29, 1.82) is 0 Å². The van der Waals surface area contributed by atoms with Gasteiger partial charge in [-0.1, -0.05) is 147 Å². The van der Waals surface area contributed by atoms with Crippen molar-refractivity contribution >= 4 is 49.3 Å². The van der Waals surface area contributed by atoms with Crippen molar-refractivity contribution < 1.29 is 24.9 Å². The molecule has 0 N–H and O–H groups in total. The van der Waals surface area contributed by atoms with E-state index in [4.69, 9.17) is 9.97 Å². The number of hydrogen-bond donors (Lipinski definition) is 0. The molecule has 2 aromatic heterocycles. The van der Waals surface area contributed by atoms with Crippen molar-refractivity contribution in [3.8, 4) is 11.3 Å². The van der Waals surface area contributed by atoms with Gasteiger partial charge in [-0.05, 0) is 47.7 Å². The van der Waals surface area contributed by atoms with Gasteiger partial charge in [-0.2, -0.15) is 5.70 Å². The SMILES string of the molecule is CC(C)c1nc(-c2[c-]cc(C(C)C)c3ccccc23)c2c(n1)c1cc3ccccc3cc1n2C.CCC(CC)C(=O)/C=C(\[N-]C(C)C)C(CC)CC.[Ir]. The predicted octanol–water partition coefficient (Wildman–Crippen LogP) is 13.2. The van der Waals surface area contributed by atoms with Crippen molar-refractivity contribution in [3.05, 3.63) is 101 Å². The van der Waals surface area contributed by atoms with Crippen molar-refractivity contribution in [2.75, 3.05) is 0 Å². The molecular formula is C47H58IrN4O-2. The van der Waals surface area contributed by atoms with Crippen molar-refractivity contribution in [2.45, 2.75) is 113 Å². The number of allylic oxidation sites excluding steroid dienone is 2. The molecule has 0 aliphatic carbocycles. The Morgan fingerprint density at radius 1 is 0.774 bits per heavy atom. The Morgan fingerprint density at radius 2 is 1.36 bits per heavy atom. The van der Waals surface area contributed by atoms with Crippen LogP contribution in [0.4, 0.5) is 0 Å². The van der Waals surface area contributed by atoms with Gasteiger partial charge in [0, 0.05) is 50.1 Å². The van der Waals surface area contributed by atoms with Gasteiger partial charge in [-0.3, -0.25) is 9.78 Å². The van der Waals surface area contributed by atoms with Crippen molar-refractivity contribution in [2.24, 2.45) is 18.9 Å². The second kappa shape index (κ2) is 18.5. The number of rotatable bonds is 12. The molecule has 283 valence electrons. The molecule has 0 bridgehead atoms. The average Bonchev–Trinajstić information content (AvgIpc) is 3.40. The molecule has 0 aliphatic heterocycles. The number of carbonyl (C=O) groups excluding carboxylic acids is 1. The summed E-state index contributed by atoms with van der Waals surface area (Å²) in [5.41, 5.74) is 7.58. The van der Waals surface area contributed by atoms with Crippen LogP contribution < -0.4 is 0 Å². The predicted molar refractivity (Wildman–Crippen MR) is 223 cm³/mol. The van der Waals surface area contributed by atoms with Crippen LogP contribution in [0.3, 0.4) is 0 Å². The Kier molecular flexibility index (Phi) is 14.6. The van der Waals surface area contributed by atoms with E-state index in [1.165, 1.54) is 38.0 Å². The van der Waals surface area contributed by atoms with E-state index in [0.717, 1.165) is 59.5 Å². The summed E-state index contributed by atoms with van der Waals surface area (Å²) in [7, 11) is 2.13. The second-order valence-corrected chi connectivity index (χ2v) is 15.1. The van der Waals surface area contributed by atoms with E-state index in [2.05, 4.69) is 159 Å². The fourth-order valence-electron chi connectivity index (χ4n) is 7.38. The maximum absolute atomic E-state index is 12.2. The molecule has 0 amide bonds. The molecule has 0 saturated heterocycles. The minimum absolute atomic E-state index is 0. The minimum atomic E-state index is 0. The Bertz CT molecular complexity index is 2200. The third-order valence-electron chi connectivity index (χ3n) is 10.5. The zero-order valence-corrected chi connectivity index (χ0v) is 36.1. The Hall–Kier alpha value is -3.86. The van der Waals surface area contributed by atoms with Crippen LogP contribution in [0.15, 0.2) is 78.5 Å². The van der Waals surface area contributed by atoms with Crippen LogP contribution in [-0.2, 0) is 31.9 Å². The molecule has 0 spiro atoms. The van der Waals surface area contributed by atoms with Gasteiger partial charge in [0.15, 0.2) is 5.78 Å². The van der Waals surface area contributed by atoms with Gasteiger partial charge >= 0.3 is 0 Å². The molecule has 4 aromatic carbocycles. The van der Waals surface area contributed by atoms with Crippen LogP contribution >= 0.6 is 0 Å². The first-order valence-corrected chi connectivity index (χ1v) is 19.5. The van der Waals surface area contributed by atoms with Crippen LogP contribution in [0, 0.1) is 17.9 Å². The van der Waals surface area contributed by atoms with E-state index in [9.17, 15) is 4.79 Å². The minimum Gasteiger partial charge on any atom is -0.685 e. The van der Waals surface area contributed by atoms with Gasteiger partial charge < -0.3 is 9.88 Å². The summed E-state index contributed by atoms with van der Waals surface area (Å²) in [5, 5.41) is 10.7. The second-order valence-electron chi connectivity index (χ2n) is 15.1. The number of nitrogens with zero attached hydrogens (tertiary/aromatic N) is 4. The molecule has 2 heterocycles. The molecular weight excluding hydrogens is 829 g/mol. The van der Waals surface area contributed by atoms with E-state index in [1.807, 2.05) is 6.08 Å². The average molecular weight is 887 g/mol. The fraction of sp³-hybridized carbons (Fsp3) is 0.426.